The average molecular weight is 374 g/mol. The maximum Gasteiger partial charge on any atom is 0.161 e. The lowest BCUT2D eigenvalue weighted by molar-refractivity contribution is 0.00998. The molecule has 6 heteroatoms. The molecular weight excluding hydrogens is 350 g/mol. The monoisotopic (exact) mass is 373 g/mol. The zero-order chi connectivity index (χ0) is 14.8. The summed E-state index contributed by atoms with van der Waals surface area (Å²) in [5.74, 6) is -0.219. The standard InChI is InChI=1S/C16H23NO4.BrH/c18-14-7-5-11-12(16(14)20)4-6-13(15(11)19)17-9-10-3-1-2-8-21-10;/h5,7,10,13,15,17-20H,1-4,6,8-9H2;1H. The summed E-state index contributed by atoms with van der Waals surface area (Å²) in [5.41, 5.74) is 1.37. The van der Waals surface area contributed by atoms with Crippen LogP contribution in [0.4, 0.5) is 0 Å². The third kappa shape index (κ3) is 3.56. The van der Waals surface area contributed by atoms with Crippen molar-refractivity contribution in [2.45, 2.75) is 50.4 Å². The number of aliphatic hydroxyl groups excluding tert-OH is 1. The van der Waals surface area contributed by atoms with Crippen LogP contribution in [0.15, 0.2) is 12.1 Å². The van der Waals surface area contributed by atoms with Gasteiger partial charge in [-0.25, -0.2) is 0 Å². The summed E-state index contributed by atoms with van der Waals surface area (Å²) < 4.78 is 5.69. The number of ether oxygens (including phenoxy) is 1. The molecule has 1 aliphatic heterocycles. The van der Waals surface area contributed by atoms with Crippen molar-refractivity contribution < 1.29 is 20.1 Å². The molecule has 1 aromatic carbocycles. The number of halogens is 1. The highest BCUT2D eigenvalue weighted by Gasteiger charge is 2.30. The van der Waals surface area contributed by atoms with Crippen molar-refractivity contribution in [3.05, 3.63) is 23.3 Å². The van der Waals surface area contributed by atoms with Gasteiger partial charge in [0.1, 0.15) is 0 Å². The van der Waals surface area contributed by atoms with E-state index in [1.54, 1.807) is 6.07 Å². The van der Waals surface area contributed by atoms with Gasteiger partial charge in [-0.2, -0.15) is 0 Å². The first-order valence-electron chi connectivity index (χ1n) is 7.73. The van der Waals surface area contributed by atoms with Crippen LogP contribution in [0.1, 0.15) is 42.9 Å². The molecule has 1 saturated heterocycles. The number of nitrogens with one attached hydrogen (secondary N) is 1. The highest BCUT2D eigenvalue weighted by atomic mass is 79.9. The summed E-state index contributed by atoms with van der Waals surface area (Å²) in [7, 11) is 0. The minimum absolute atomic E-state index is 0. The van der Waals surface area contributed by atoms with Gasteiger partial charge in [0.2, 0.25) is 0 Å². The van der Waals surface area contributed by atoms with Crippen LogP contribution in [0, 0.1) is 0 Å². The number of aliphatic hydroxyl groups is 1. The molecule has 4 N–H and O–H groups in total. The van der Waals surface area contributed by atoms with Crippen molar-refractivity contribution in [3.63, 3.8) is 0 Å². The largest absolute Gasteiger partial charge is 0.504 e. The van der Waals surface area contributed by atoms with E-state index < -0.39 is 6.10 Å². The lowest BCUT2D eigenvalue weighted by Gasteiger charge is -2.33. The molecule has 22 heavy (non-hydrogen) atoms. The second-order valence-corrected chi connectivity index (χ2v) is 5.99. The van der Waals surface area contributed by atoms with Crippen LogP contribution in [-0.4, -0.2) is 40.6 Å². The molecule has 5 nitrogen and oxygen atoms in total. The molecule has 1 aromatic rings. The van der Waals surface area contributed by atoms with Crippen molar-refractivity contribution in [1.82, 2.24) is 5.32 Å². The third-order valence-corrected chi connectivity index (χ3v) is 4.58. The highest BCUT2D eigenvalue weighted by Crippen LogP contribution is 2.39. The minimum Gasteiger partial charge on any atom is -0.504 e. The summed E-state index contributed by atoms with van der Waals surface area (Å²) >= 11 is 0. The van der Waals surface area contributed by atoms with E-state index in [-0.39, 0.29) is 40.6 Å². The number of aromatic hydroxyl groups is 2. The summed E-state index contributed by atoms with van der Waals surface area (Å²) in [6.45, 7) is 1.58. The van der Waals surface area contributed by atoms with E-state index in [0.717, 1.165) is 32.4 Å². The van der Waals surface area contributed by atoms with E-state index in [1.807, 2.05) is 0 Å². The highest BCUT2D eigenvalue weighted by molar-refractivity contribution is 8.93. The fourth-order valence-electron chi connectivity index (χ4n) is 3.32. The van der Waals surface area contributed by atoms with E-state index in [1.165, 1.54) is 12.5 Å². The van der Waals surface area contributed by atoms with Gasteiger partial charge in [0.15, 0.2) is 11.5 Å². The predicted molar refractivity (Wildman–Crippen MR) is 88.8 cm³/mol. The number of hydrogen-bond donors (Lipinski definition) is 4. The number of fused-ring (bicyclic) bond motifs is 1. The van der Waals surface area contributed by atoms with Crippen LogP contribution < -0.4 is 5.32 Å². The number of phenolic OH excluding ortho intramolecular Hbond substituents is 2. The molecular formula is C16H24BrNO4. The molecule has 124 valence electrons. The Hall–Kier alpha value is -0.820. The minimum atomic E-state index is -0.663. The second kappa shape index (κ2) is 7.64. The maximum atomic E-state index is 10.5. The first-order chi connectivity index (χ1) is 10.2. The maximum absolute atomic E-state index is 10.5. The molecule has 1 fully saturated rings. The Morgan fingerprint density at radius 2 is 2.00 bits per heavy atom. The molecule has 2 aliphatic rings. The second-order valence-electron chi connectivity index (χ2n) is 5.99. The molecule has 0 radical (unpaired) electrons. The van der Waals surface area contributed by atoms with Gasteiger partial charge in [0.05, 0.1) is 12.2 Å². The predicted octanol–water partition coefficient (Wildman–Crippen LogP) is 2.18. The zero-order valence-electron chi connectivity index (χ0n) is 12.5. The van der Waals surface area contributed by atoms with Crippen LogP contribution >= 0.6 is 17.0 Å². The lowest BCUT2D eigenvalue weighted by Crippen LogP contribution is -2.43. The Kier molecular flexibility index (Phi) is 6.09. The Morgan fingerprint density at radius 3 is 2.73 bits per heavy atom. The summed E-state index contributed by atoms with van der Waals surface area (Å²) in [6.07, 6.45) is 4.37. The van der Waals surface area contributed by atoms with Crippen molar-refractivity contribution in [2.75, 3.05) is 13.2 Å². The molecule has 0 spiro atoms. The van der Waals surface area contributed by atoms with Crippen LogP contribution in [0.2, 0.25) is 0 Å². The Bertz CT molecular complexity index is 505. The molecule has 0 amide bonds. The van der Waals surface area contributed by atoms with Gasteiger partial charge in [-0.1, -0.05) is 6.07 Å². The Balaban J connectivity index is 0.00000176. The van der Waals surface area contributed by atoms with E-state index in [2.05, 4.69) is 5.32 Å². The Morgan fingerprint density at radius 1 is 1.18 bits per heavy atom. The van der Waals surface area contributed by atoms with Crippen molar-refractivity contribution >= 4 is 17.0 Å². The number of phenols is 2. The smallest absolute Gasteiger partial charge is 0.161 e. The van der Waals surface area contributed by atoms with Crippen LogP contribution in [0.5, 0.6) is 11.5 Å². The summed E-state index contributed by atoms with van der Waals surface area (Å²) in [6, 6.07) is 3.09. The van der Waals surface area contributed by atoms with Crippen LogP contribution in [-0.2, 0) is 11.2 Å². The first-order valence-corrected chi connectivity index (χ1v) is 7.73. The van der Waals surface area contributed by atoms with Crippen LogP contribution in [0.3, 0.4) is 0 Å². The number of benzene rings is 1. The van der Waals surface area contributed by atoms with Gasteiger partial charge >= 0.3 is 0 Å². The number of hydrogen-bond acceptors (Lipinski definition) is 5. The SMILES string of the molecule is Br.Oc1ccc2c(c1O)CCC(NCC1CCCCO1)C2O. The van der Waals surface area contributed by atoms with Gasteiger partial charge in [0, 0.05) is 24.8 Å². The molecule has 0 bridgehead atoms. The Labute approximate surface area is 141 Å². The molecule has 1 aliphatic carbocycles. The normalized spacial score (nSPS) is 27.8. The van der Waals surface area contributed by atoms with Gasteiger partial charge in [0.25, 0.3) is 0 Å². The first kappa shape index (κ1) is 17.5. The van der Waals surface area contributed by atoms with Crippen LogP contribution in [0.25, 0.3) is 0 Å². The molecule has 3 unspecified atom stereocenters. The molecule has 3 atom stereocenters. The van der Waals surface area contributed by atoms with Crippen molar-refractivity contribution in [2.24, 2.45) is 0 Å². The quantitative estimate of drug-likeness (QED) is 0.610. The van der Waals surface area contributed by atoms with Gasteiger partial charge < -0.3 is 25.4 Å². The molecule has 0 saturated carbocycles. The van der Waals surface area contributed by atoms with E-state index in [4.69, 9.17) is 4.74 Å². The van der Waals surface area contributed by atoms with Crippen molar-refractivity contribution in [1.29, 1.82) is 0 Å². The van der Waals surface area contributed by atoms with Gasteiger partial charge in [-0.15, -0.1) is 17.0 Å². The molecule has 1 heterocycles. The van der Waals surface area contributed by atoms with E-state index >= 15 is 0 Å². The van der Waals surface area contributed by atoms with E-state index in [0.29, 0.717) is 17.5 Å². The summed E-state index contributed by atoms with van der Waals surface area (Å²) in [4.78, 5) is 0. The van der Waals surface area contributed by atoms with Gasteiger partial charge in [-0.05, 0) is 43.7 Å². The summed E-state index contributed by atoms with van der Waals surface area (Å²) in [5, 5.41) is 33.3. The fraction of sp³-hybridized carbons (Fsp3) is 0.625. The third-order valence-electron chi connectivity index (χ3n) is 4.58. The van der Waals surface area contributed by atoms with E-state index in [9.17, 15) is 15.3 Å². The zero-order valence-corrected chi connectivity index (χ0v) is 14.2. The molecule has 0 aromatic heterocycles. The van der Waals surface area contributed by atoms with Gasteiger partial charge in [-0.3, -0.25) is 0 Å². The van der Waals surface area contributed by atoms with Crippen molar-refractivity contribution in [3.8, 4) is 11.5 Å². The topological polar surface area (TPSA) is 82.0 Å². The average Bonchev–Trinajstić information content (AvgIpc) is 2.51. The number of rotatable bonds is 3. The lowest BCUT2D eigenvalue weighted by atomic mass is 9.85. The fourth-order valence-corrected chi connectivity index (χ4v) is 3.32. The molecule has 3 rings (SSSR count).